The lowest BCUT2D eigenvalue weighted by molar-refractivity contribution is -0.136. The Bertz CT molecular complexity index is 494. The molecule has 6 nitrogen and oxygen atoms in total. The fourth-order valence-electron chi connectivity index (χ4n) is 1.84. The van der Waals surface area contributed by atoms with E-state index in [2.05, 4.69) is 10.6 Å². The molecule has 0 bridgehead atoms. The van der Waals surface area contributed by atoms with Crippen molar-refractivity contribution in [3.8, 4) is 0 Å². The molecule has 1 fully saturated rings. The van der Waals surface area contributed by atoms with E-state index in [1.807, 2.05) is 6.92 Å². The summed E-state index contributed by atoms with van der Waals surface area (Å²) in [7, 11) is 0. The van der Waals surface area contributed by atoms with Crippen LogP contribution >= 0.6 is 0 Å². The van der Waals surface area contributed by atoms with Crippen LogP contribution in [0.5, 0.6) is 0 Å². The molecule has 1 aliphatic rings. The molecule has 2 rings (SSSR count). The number of hydrogen-bond acceptors (Lipinski definition) is 4. The second-order valence-corrected chi connectivity index (χ2v) is 5.12. The molecule has 20 heavy (non-hydrogen) atoms. The van der Waals surface area contributed by atoms with Crippen molar-refractivity contribution >= 4 is 11.9 Å². The van der Waals surface area contributed by atoms with Gasteiger partial charge in [0.15, 0.2) is 0 Å². The molecule has 0 unspecified atom stereocenters. The number of ether oxygens (including phenoxy) is 1. The van der Waals surface area contributed by atoms with Crippen LogP contribution in [-0.4, -0.2) is 42.3 Å². The number of amides is 1. The van der Waals surface area contributed by atoms with Crippen LogP contribution in [-0.2, 0) is 16.1 Å². The van der Waals surface area contributed by atoms with Gasteiger partial charge in [-0.1, -0.05) is 12.1 Å². The normalized spacial score (nSPS) is 16.2. The fraction of sp³-hybridized carbons (Fsp3) is 0.429. The third-order valence-corrected chi connectivity index (χ3v) is 3.24. The second kappa shape index (κ2) is 6.02. The molecule has 1 aliphatic heterocycles. The van der Waals surface area contributed by atoms with Crippen molar-refractivity contribution in [1.29, 1.82) is 0 Å². The van der Waals surface area contributed by atoms with Gasteiger partial charge in [-0.3, -0.25) is 4.79 Å². The molecular weight excluding hydrogens is 260 g/mol. The van der Waals surface area contributed by atoms with Crippen molar-refractivity contribution in [3.63, 3.8) is 0 Å². The van der Waals surface area contributed by atoms with Crippen molar-refractivity contribution in [2.24, 2.45) is 0 Å². The van der Waals surface area contributed by atoms with E-state index in [1.165, 1.54) is 12.1 Å². The van der Waals surface area contributed by atoms with Gasteiger partial charge in [0, 0.05) is 19.6 Å². The van der Waals surface area contributed by atoms with Gasteiger partial charge < -0.3 is 20.5 Å². The summed E-state index contributed by atoms with van der Waals surface area (Å²) in [5.74, 6) is -1.14. The maximum Gasteiger partial charge on any atom is 0.335 e. The molecule has 0 aromatic heterocycles. The molecule has 0 radical (unpaired) electrons. The number of carbonyl (C=O) groups is 2. The van der Waals surface area contributed by atoms with Gasteiger partial charge in [0.25, 0.3) is 0 Å². The molecule has 1 aromatic carbocycles. The van der Waals surface area contributed by atoms with E-state index in [-0.39, 0.29) is 23.7 Å². The standard InChI is InChI=1S/C14H18N2O4/c1-14(8-15-9-14)20-7-12(17)16-6-10-2-4-11(5-3-10)13(18)19/h2-5,15H,6-9H2,1H3,(H,16,17)(H,18,19). The third-order valence-electron chi connectivity index (χ3n) is 3.24. The third kappa shape index (κ3) is 3.79. The lowest BCUT2D eigenvalue weighted by Crippen LogP contribution is -2.59. The van der Waals surface area contributed by atoms with Crippen molar-refractivity contribution in [2.45, 2.75) is 19.1 Å². The zero-order chi connectivity index (χ0) is 14.6. The summed E-state index contributed by atoms with van der Waals surface area (Å²) in [6.45, 7) is 3.87. The van der Waals surface area contributed by atoms with E-state index < -0.39 is 5.97 Å². The van der Waals surface area contributed by atoms with Crippen molar-refractivity contribution in [3.05, 3.63) is 35.4 Å². The Kier molecular flexibility index (Phi) is 4.36. The van der Waals surface area contributed by atoms with Gasteiger partial charge in [0.1, 0.15) is 6.61 Å². The first-order chi connectivity index (χ1) is 9.48. The molecule has 0 aliphatic carbocycles. The molecule has 3 N–H and O–H groups in total. The van der Waals surface area contributed by atoms with Gasteiger partial charge in [-0.2, -0.15) is 0 Å². The largest absolute Gasteiger partial charge is 0.478 e. The number of benzene rings is 1. The molecule has 1 heterocycles. The summed E-state index contributed by atoms with van der Waals surface area (Å²) in [5.41, 5.74) is 0.842. The molecule has 6 heteroatoms. The summed E-state index contributed by atoms with van der Waals surface area (Å²) < 4.78 is 5.51. The summed E-state index contributed by atoms with van der Waals surface area (Å²) >= 11 is 0. The van der Waals surface area contributed by atoms with Crippen LogP contribution in [0.25, 0.3) is 0 Å². The Morgan fingerprint density at radius 2 is 2.00 bits per heavy atom. The van der Waals surface area contributed by atoms with Gasteiger partial charge >= 0.3 is 5.97 Å². The first-order valence-electron chi connectivity index (χ1n) is 6.42. The highest BCUT2D eigenvalue weighted by Gasteiger charge is 2.32. The predicted molar refractivity (Wildman–Crippen MR) is 72.5 cm³/mol. The minimum atomic E-state index is -0.962. The minimum Gasteiger partial charge on any atom is -0.478 e. The zero-order valence-electron chi connectivity index (χ0n) is 11.3. The maximum absolute atomic E-state index is 11.6. The Morgan fingerprint density at radius 1 is 1.35 bits per heavy atom. The highest BCUT2D eigenvalue weighted by molar-refractivity contribution is 5.87. The fourth-order valence-corrected chi connectivity index (χ4v) is 1.84. The number of nitrogens with one attached hydrogen (secondary N) is 2. The van der Waals surface area contributed by atoms with E-state index in [1.54, 1.807) is 12.1 Å². The minimum absolute atomic E-state index is 0.0331. The second-order valence-electron chi connectivity index (χ2n) is 5.12. The van der Waals surface area contributed by atoms with Crippen LogP contribution in [0, 0.1) is 0 Å². The summed E-state index contributed by atoms with van der Waals surface area (Å²) in [6, 6.07) is 6.40. The monoisotopic (exact) mass is 278 g/mol. The SMILES string of the molecule is CC1(OCC(=O)NCc2ccc(C(=O)O)cc2)CNC1. The number of hydrogen-bond donors (Lipinski definition) is 3. The molecule has 0 saturated carbocycles. The smallest absolute Gasteiger partial charge is 0.335 e. The van der Waals surface area contributed by atoms with Gasteiger partial charge in [-0.25, -0.2) is 4.79 Å². The quantitative estimate of drug-likeness (QED) is 0.700. The van der Waals surface area contributed by atoms with Crippen molar-refractivity contribution in [2.75, 3.05) is 19.7 Å². The van der Waals surface area contributed by atoms with Gasteiger partial charge in [-0.15, -0.1) is 0 Å². The molecule has 0 spiro atoms. The average molecular weight is 278 g/mol. The molecule has 0 atom stereocenters. The van der Waals surface area contributed by atoms with E-state index in [0.29, 0.717) is 6.54 Å². The van der Waals surface area contributed by atoms with Gasteiger partial charge in [0.2, 0.25) is 5.91 Å². The summed E-state index contributed by atoms with van der Waals surface area (Å²) in [6.07, 6.45) is 0. The topological polar surface area (TPSA) is 87.7 Å². The molecular formula is C14H18N2O4. The zero-order valence-corrected chi connectivity index (χ0v) is 11.3. The molecule has 1 amide bonds. The van der Waals surface area contributed by atoms with Gasteiger partial charge in [-0.05, 0) is 24.6 Å². The highest BCUT2D eigenvalue weighted by Crippen LogP contribution is 2.14. The molecule has 1 saturated heterocycles. The lowest BCUT2D eigenvalue weighted by atomic mass is 10.0. The van der Waals surface area contributed by atoms with Crippen LogP contribution < -0.4 is 10.6 Å². The average Bonchev–Trinajstić information content (AvgIpc) is 2.41. The van der Waals surface area contributed by atoms with Crippen LogP contribution in [0.1, 0.15) is 22.8 Å². The molecule has 1 aromatic rings. The van der Waals surface area contributed by atoms with Crippen molar-refractivity contribution in [1.82, 2.24) is 10.6 Å². The first-order valence-corrected chi connectivity index (χ1v) is 6.42. The predicted octanol–water partition coefficient (Wildman–Crippen LogP) is 0.379. The Balaban J connectivity index is 1.73. The van der Waals surface area contributed by atoms with E-state index in [9.17, 15) is 9.59 Å². The van der Waals surface area contributed by atoms with E-state index >= 15 is 0 Å². The number of carboxylic acids is 1. The Morgan fingerprint density at radius 3 is 2.50 bits per heavy atom. The molecule has 108 valence electrons. The van der Waals surface area contributed by atoms with Crippen molar-refractivity contribution < 1.29 is 19.4 Å². The summed E-state index contributed by atoms with van der Waals surface area (Å²) in [4.78, 5) is 22.3. The number of rotatable bonds is 6. The Labute approximate surface area is 117 Å². The van der Waals surface area contributed by atoms with Crippen LogP contribution in [0.4, 0.5) is 0 Å². The number of carbonyl (C=O) groups excluding carboxylic acids is 1. The number of carboxylic acid groups (broad SMARTS) is 1. The van der Waals surface area contributed by atoms with Crippen LogP contribution in [0.3, 0.4) is 0 Å². The first kappa shape index (κ1) is 14.5. The van der Waals surface area contributed by atoms with Gasteiger partial charge in [0.05, 0.1) is 11.2 Å². The Hall–Kier alpha value is -1.92. The van der Waals surface area contributed by atoms with Crippen LogP contribution in [0.2, 0.25) is 0 Å². The maximum atomic E-state index is 11.6. The van der Waals surface area contributed by atoms with E-state index in [4.69, 9.17) is 9.84 Å². The highest BCUT2D eigenvalue weighted by atomic mass is 16.5. The van der Waals surface area contributed by atoms with E-state index in [0.717, 1.165) is 18.7 Å². The van der Waals surface area contributed by atoms with Crippen LogP contribution in [0.15, 0.2) is 24.3 Å². The lowest BCUT2D eigenvalue weighted by Gasteiger charge is -2.38. The number of aromatic carboxylic acids is 1. The summed E-state index contributed by atoms with van der Waals surface area (Å²) in [5, 5.41) is 14.6.